The molecule has 0 N–H and O–H groups in total. The molecule has 0 aliphatic carbocycles. The van der Waals surface area contributed by atoms with Crippen molar-refractivity contribution in [2.75, 3.05) is 31.1 Å². The number of carbonyl (C=O) groups excluding carboxylic acids is 1. The van der Waals surface area contributed by atoms with E-state index >= 15 is 0 Å². The molecule has 1 aliphatic heterocycles. The Labute approximate surface area is 129 Å². The lowest BCUT2D eigenvalue weighted by molar-refractivity contribution is -0.131. The first-order valence-corrected chi connectivity index (χ1v) is 7.75. The predicted molar refractivity (Wildman–Crippen MR) is 85.2 cm³/mol. The van der Waals surface area contributed by atoms with Crippen LogP contribution in [-0.2, 0) is 18.9 Å². The second-order valence-corrected chi connectivity index (χ2v) is 5.71. The summed E-state index contributed by atoms with van der Waals surface area (Å²) in [6, 6.07) is 1.48. The van der Waals surface area contributed by atoms with Gasteiger partial charge < -0.3 is 9.80 Å². The van der Waals surface area contributed by atoms with Gasteiger partial charge in [-0.3, -0.25) is 18.7 Å². The van der Waals surface area contributed by atoms with Crippen molar-refractivity contribution in [2.45, 2.75) is 26.2 Å². The average Bonchev–Trinajstić information content (AvgIpc) is 2.54. The summed E-state index contributed by atoms with van der Waals surface area (Å²) in [6.07, 6.45) is 2.53. The van der Waals surface area contributed by atoms with Gasteiger partial charge in [-0.15, -0.1) is 0 Å². The third-order valence-electron chi connectivity index (χ3n) is 4.20. The van der Waals surface area contributed by atoms with Crippen LogP contribution in [0.25, 0.3) is 0 Å². The minimum atomic E-state index is -0.330. The van der Waals surface area contributed by atoms with E-state index in [2.05, 4.69) is 6.92 Å². The zero-order chi connectivity index (χ0) is 16.3. The van der Waals surface area contributed by atoms with Crippen molar-refractivity contribution in [3.8, 4) is 0 Å². The second kappa shape index (κ2) is 6.81. The number of hydrogen-bond donors (Lipinski definition) is 0. The molecule has 22 heavy (non-hydrogen) atoms. The van der Waals surface area contributed by atoms with E-state index in [-0.39, 0.29) is 17.2 Å². The van der Waals surface area contributed by atoms with Gasteiger partial charge in [0.25, 0.3) is 5.56 Å². The van der Waals surface area contributed by atoms with Gasteiger partial charge in [0.15, 0.2) is 0 Å². The highest BCUT2D eigenvalue weighted by Crippen LogP contribution is 2.13. The number of amides is 1. The number of unbranched alkanes of at least 4 members (excludes halogenated alkanes) is 1. The minimum absolute atomic E-state index is 0.194. The molecule has 1 amide bonds. The molecule has 0 atom stereocenters. The van der Waals surface area contributed by atoms with Crippen molar-refractivity contribution < 1.29 is 4.79 Å². The first-order chi connectivity index (χ1) is 10.5. The number of anilines is 1. The third kappa shape index (κ3) is 3.23. The lowest BCUT2D eigenvalue weighted by Gasteiger charge is -2.36. The van der Waals surface area contributed by atoms with Crippen molar-refractivity contribution in [3.05, 3.63) is 26.9 Å². The molecule has 1 saturated heterocycles. The number of nitrogens with zero attached hydrogens (tertiary/aromatic N) is 4. The summed E-state index contributed by atoms with van der Waals surface area (Å²) >= 11 is 0. The molecule has 7 nitrogen and oxygen atoms in total. The number of carbonyl (C=O) groups is 1. The van der Waals surface area contributed by atoms with Crippen LogP contribution < -0.4 is 16.1 Å². The maximum Gasteiger partial charge on any atom is 0.332 e. The maximum atomic E-state index is 12.0. The van der Waals surface area contributed by atoms with E-state index in [0.717, 1.165) is 17.4 Å². The van der Waals surface area contributed by atoms with Crippen LogP contribution in [0.5, 0.6) is 0 Å². The van der Waals surface area contributed by atoms with E-state index in [0.29, 0.717) is 38.4 Å². The highest BCUT2D eigenvalue weighted by Gasteiger charge is 2.22. The van der Waals surface area contributed by atoms with Gasteiger partial charge in [0.2, 0.25) is 5.91 Å². The van der Waals surface area contributed by atoms with Crippen molar-refractivity contribution in [1.82, 2.24) is 14.0 Å². The largest absolute Gasteiger partial charge is 0.354 e. The molecule has 1 aromatic heterocycles. The van der Waals surface area contributed by atoms with Gasteiger partial charge in [-0.1, -0.05) is 13.3 Å². The molecular formula is C15H24N4O3. The van der Waals surface area contributed by atoms with Crippen LogP contribution in [0.1, 0.15) is 26.2 Å². The van der Waals surface area contributed by atoms with Gasteiger partial charge in [-0.2, -0.15) is 0 Å². The molecule has 122 valence electrons. The van der Waals surface area contributed by atoms with E-state index < -0.39 is 0 Å². The molecule has 0 bridgehead atoms. The smallest absolute Gasteiger partial charge is 0.332 e. The van der Waals surface area contributed by atoms with Crippen LogP contribution in [0.3, 0.4) is 0 Å². The molecule has 0 unspecified atom stereocenters. The van der Waals surface area contributed by atoms with Crippen LogP contribution in [-0.4, -0.2) is 46.1 Å². The van der Waals surface area contributed by atoms with Crippen LogP contribution >= 0.6 is 0 Å². The molecule has 0 radical (unpaired) electrons. The maximum absolute atomic E-state index is 12.0. The first kappa shape index (κ1) is 16.3. The number of piperazine rings is 1. The highest BCUT2D eigenvalue weighted by molar-refractivity contribution is 5.76. The Kier molecular flexibility index (Phi) is 5.05. The van der Waals surface area contributed by atoms with Gasteiger partial charge >= 0.3 is 5.69 Å². The monoisotopic (exact) mass is 308 g/mol. The van der Waals surface area contributed by atoms with Crippen molar-refractivity contribution >= 4 is 11.7 Å². The fourth-order valence-electron chi connectivity index (χ4n) is 2.70. The average molecular weight is 308 g/mol. The van der Waals surface area contributed by atoms with Crippen molar-refractivity contribution in [2.24, 2.45) is 14.1 Å². The summed E-state index contributed by atoms with van der Waals surface area (Å²) in [5, 5.41) is 0. The van der Waals surface area contributed by atoms with Gasteiger partial charge in [-0.05, 0) is 6.42 Å². The van der Waals surface area contributed by atoms with Crippen LogP contribution in [0, 0.1) is 0 Å². The molecule has 1 fully saturated rings. The van der Waals surface area contributed by atoms with E-state index in [4.69, 9.17) is 0 Å². The molecule has 1 aromatic rings. The van der Waals surface area contributed by atoms with E-state index in [9.17, 15) is 14.4 Å². The fourth-order valence-corrected chi connectivity index (χ4v) is 2.70. The Morgan fingerprint density at radius 1 is 1.09 bits per heavy atom. The lowest BCUT2D eigenvalue weighted by Crippen LogP contribution is -2.51. The van der Waals surface area contributed by atoms with E-state index in [1.165, 1.54) is 17.7 Å². The Bertz CT molecular complexity index is 654. The Balaban J connectivity index is 2.08. The zero-order valence-corrected chi connectivity index (χ0v) is 13.5. The van der Waals surface area contributed by atoms with Crippen LogP contribution in [0.4, 0.5) is 5.82 Å². The normalized spacial score (nSPS) is 15.2. The number of rotatable bonds is 4. The molecule has 0 spiro atoms. The molecule has 2 rings (SSSR count). The standard InChI is InChI=1S/C15H24N4O3/c1-4-5-6-13(20)19-9-7-18(8-10-19)12-11-14(21)17(3)15(22)16(12)2/h11H,4-10H2,1-3H3. The van der Waals surface area contributed by atoms with Crippen LogP contribution in [0.15, 0.2) is 15.7 Å². The second-order valence-electron chi connectivity index (χ2n) is 5.71. The van der Waals surface area contributed by atoms with E-state index in [1.54, 1.807) is 7.05 Å². The topological polar surface area (TPSA) is 67.6 Å². The zero-order valence-electron chi connectivity index (χ0n) is 13.5. The van der Waals surface area contributed by atoms with Crippen LogP contribution in [0.2, 0.25) is 0 Å². The quantitative estimate of drug-likeness (QED) is 0.780. The summed E-state index contributed by atoms with van der Waals surface area (Å²) < 4.78 is 2.57. The minimum Gasteiger partial charge on any atom is -0.354 e. The summed E-state index contributed by atoms with van der Waals surface area (Å²) in [5.74, 6) is 0.813. The Hall–Kier alpha value is -2.05. The van der Waals surface area contributed by atoms with Gasteiger partial charge in [0, 0.05) is 52.8 Å². The van der Waals surface area contributed by atoms with E-state index in [1.807, 2.05) is 9.80 Å². The fraction of sp³-hybridized carbons (Fsp3) is 0.667. The molecule has 0 aromatic carbocycles. The molecule has 2 heterocycles. The lowest BCUT2D eigenvalue weighted by atomic mass is 10.2. The van der Waals surface area contributed by atoms with Crippen molar-refractivity contribution in [1.29, 1.82) is 0 Å². The Morgan fingerprint density at radius 3 is 2.32 bits per heavy atom. The molecule has 0 saturated carbocycles. The molecule has 1 aliphatic rings. The first-order valence-electron chi connectivity index (χ1n) is 7.75. The number of aromatic nitrogens is 2. The summed E-state index contributed by atoms with van der Waals surface area (Å²) in [7, 11) is 3.13. The number of hydrogen-bond acceptors (Lipinski definition) is 4. The summed E-state index contributed by atoms with van der Waals surface area (Å²) in [6.45, 7) is 4.61. The summed E-state index contributed by atoms with van der Waals surface area (Å²) in [4.78, 5) is 39.7. The van der Waals surface area contributed by atoms with Gasteiger partial charge in [-0.25, -0.2) is 4.79 Å². The van der Waals surface area contributed by atoms with Gasteiger partial charge in [0.05, 0.1) is 0 Å². The van der Waals surface area contributed by atoms with Gasteiger partial charge in [0.1, 0.15) is 5.82 Å². The SMILES string of the molecule is CCCCC(=O)N1CCN(c2cc(=O)n(C)c(=O)n2C)CC1. The highest BCUT2D eigenvalue weighted by atomic mass is 16.2. The molecule has 7 heteroatoms. The molecular weight excluding hydrogens is 284 g/mol. The third-order valence-corrected chi connectivity index (χ3v) is 4.20. The predicted octanol–water partition coefficient (Wildman–Crippen LogP) is -0.0772. The van der Waals surface area contributed by atoms with Crippen molar-refractivity contribution in [3.63, 3.8) is 0 Å². The Morgan fingerprint density at radius 2 is 1.73 bits per heavy atom. The summed E-state index contributed by atoms with van der Waals surface area (Å²) in [5.41, 5.74) is -0.636.